The molecule has 0 atom stereocenters. The molecule has 1 heterocycles. The van der Waals surface area contributed by atoms with Crippen molar-refractivity contribution in [1.29, 1.82) is 0 Å². The number of ether oxygens (including phenoxy) is 1. The number of rotatable bonds is 3. The first kappa shape index (κ1) is 10.2. The Kier molecular flexibility index (Phi) is 4.49. The molecule has 4 nitrogen and oxygen atoms in total. The summed E-state index contributed by atoms with van der Waals surface area (Å²) in [5, 5.41) is 2.94. The minimum atomic E-state index is 0.0820. The molecule has 1 fully saturated rings. The summed E-state index contributed by atoms with van der Waals surface area (Å²) in [6, 6.07) is 0. The van der Waals surface area contributed by atoms with Crippen molar-refractivity contribution >= 4 is 5.91 Å². The van der Waals surface area contributed by atoms with Crippen molar-refractivity contribution in [2.45, 2.75) is 0 Å². The topological polar surface area (TPSA) is 41.6 Å². The van der Waals surface area contributed by atoms with Gasteiger partial charge in [0.2, 0.25) is 5.91 Å². The first-order chi connectivity index (χ1) is 6.34. The highest BCUT2D eigenvalue weighted by molar-refractivity contribution is 5.87. The third-order valence-corrected chi connectivity index (χ3v) is 1.91. The maximum Gasteiger partial charge on any atom is 0.246 e. The van der Waals surface area contributed by atoms with Gasteiger partial charge in [-0.25, -0.2) is 0 Å². The van der Waals surface area contributed by atoms with Gasteiger partial charge in [0, 0.05) is 25.7 Å². The summed E-state index contributed by atoms with van der Waals surface area (Å²) in [6.45, 7) is 3.47. The van der Waals surface area contributed by atoms with Crippen LogP contribution >= 0.6 is 0 Å². The molecule has 0 bridgehead atoms. The minimum absolute atomic E-state index is 0.0820. The van der Waals surface area contributed by atoms with Crippen LogP contribution < -0.4 is 5.32 Å². The number of morpholine rings is 1. The lowest BCUT2D eigenvalue weighted by Gasteiger charge is -2.25. The summed E-state index contributed by atoms with van der Waals surface area (Å²) in [5.41, 5.74) is 0. The molecular formula is C9H16N2O2. The van der Waals surface area contributed by atoms with Gasteiger partial charge in [-0.15, -0.1) is 0 Å². The zero-order valence-corrected chi connectivity index (χ0v) is 7.95. The van der Waals surface area contributed by atoms with E-state index in [1.807, 2.05) is 13.1 Å². The largest absolute Gasteiger partial charge is 0.378 e. The second-order valence-corrected chi connectivity index (χ2v) is 2.90. The van der Waals surface area contributed by atoms with Crippen LogP contribution in [0.1, 0.15) is 0 Å². The van der Waals surface area contributed by atoms with Crippen molar-refractivity contribution in [3.63, 3.8) is 0 Å². The Hall–Kier alpha value is -0.870. The summed E-state index contributed by atoms with van der Waals surface area (Å²) in [5.74, 6) is 0.0820. The highest BCUT2D eigenvalue weighted by Crippen LogP contribution is 1.97. The van der Waals surface area contributed by atoms with E-state index in [9.17, 15) is 4.79 Å². The van der Waals surface area contributed by atoms with E-state index in [1.54, 1.807) is 11.0 Å². The molecule has 0 aromatic heterocycles. The zero-order chi connectivity index (χ0) is 9.52. The molecule has 1 aliphatic rings. The molecule has 0 aromatic carbocycles. The predicted molar refractivity (Wildman–Crippen MR) is 50.5 cm³/mol. The van der Waals surface area contributed by atoms with Gasteiger partial charge in [0.05, 0.1) is 13.2 Å². The third kappa shape index (κ3) is 3.57. The van der Waals surface area contributed by atoms with Crippen LogP contribution in [-0.4, -0.2) is 50.7 Å². The Balaban J connectivity index is 2.28. The molecular weight excluding hydrogens is 168 g/mol. The van der Waals surface area contributed by atoms with Crippen LogP contribution in [0.2, 0.25) is 0 Å². The quantitative estimate of drug-likeness (QED) is 0.608. The lowest BCUT2D eigenvalue weighted by molar-refractivity contribution is -0.129. The Labute approximate surface area is 78.5 Å². The smallest absolute Gasteiger partial charge is 0.246 e. The van der Waals surface area contributed by atoms with Crippen LogP contribution in [0.5, 0.6) is 0 Å². The number of hydrogen-bond donors (Lipinski definition) is 1. The van der Waals surface area contributed by atoms with E-state index in [4.69, 9.17) is 4.74 Å². The zero-order valence-electron chi connectivity index (χ0n) is 7.95. The number of nitrogens with zero attached hydrogens (tertiary/aromatic N) is 1. The van der Waals surface area contributed by atoms with E-state index in [-0.39, 0.29) is 5.91 Å². The summed E-state index contributed by atoms with van der Waals surface area (Å²) in [6.07, 6.45) is 3.44. The molecule has 1 aliphatic heterocycles. The van der Waals surface area contributed by atoms with Gasteiger partial charge in [-0.05, 0) is 7.05 Å². The number of nitrogens with one attached hydrogen (secondary N) is 1. The van der Waals surface area contributed by atoms with Gasteiger partial charge in [-0.1, -0.05) is 6.08 Å². The second-order valence-electron chi connectivity index (χ2n) is 2.90. The maximum absolute atomic E-state index is 11.4. The van der Waals surface area contributed by atoms with E-state index < -0.39 is 0 Å². The fourth-order valence-electron chi connectivity index (χ4n) is 1.17. The van der Waals surface area contributed by atoms with E-state index in [0.29, 0.717) is 26.3 Å². The lowest BCUT2D eigenvalue weighted by atomic mass is 10.3. The highest BCUT2D eigenvalue weighted by Gasteiger charge is 2.13. The summed E-state index contributed by atoms with van der Waals surface area (Å²) in [4.78, 5) is 13.2. The van der Waals surface area contributed by atoms with Gasteiger partial charge in [0.15, 0.2) is 0 Å². The van der Waals surface area contributed by atoms with Gasteiger partial charge in [0.25, 0.3) is 0 Å². The van der Waals surface area contributed by atoms with Crippen molar-refractivity contribution < 1.29 is 9.53 Å². The molecule has 0 aromatic rings. The van der Waals surface area contributed by atoms with Gasteiger partial charge < -0.3 is 15.0 Å². The van der Waals surface area contributed by atoms with Crippen molar-refractivity contribution in [3.8, 4) is 0 Å². The van der Waals surface area contributed by atoms with Gasteiger partial charge in [0.1, 0.15) is 0 Å². The summed E-state index contributed by atoms with van der Waals surface area (Å²) >= 11 is 0. The van der Waals surface area contributed by atoms with Crippen LogP contribution in [0.25, 0.3) is 0 Å². The number of hydrogen-bond acceptors (Lipinski definition) is 3. The summed E-state index contributed by atoms with van der Waals surface area (Å²) in [7, 11) is 1.85. The first-order valence-electron chi connectivity index (χ1n) is 4.52. The molecule has 1 amide bonds. The lowest BCUT2D eigenvalue weighted by Crippen LogP contribution is -2.39. The Morgan fingerprint density at radius 3 is 2.85 bits per heavy atom. The number of amides is 1. The van der Waals surface area contributed by atoms with Crippen LogP contribution in [0.3, 0.4) is 0 Å². The van der Waals surface area contributed by atoms with Crippen molar-refractivity contribution in [2.75, 3.05) is 39.9 Å². The average molecular weight is 184 g/mol. The highest BCUT2D eigenvalue weighted by atomic mass is 16.5. The Bertz CT molecular complexity index is 186. The molecule has 0 radical (unpaired) electrons. The molecule has 1 N–H and O–H groups in total. The van der Waals surface area contributed by atoms with Crippen LogP contribution in [0.15, 0.2) is 12.2 Å². The average Bonchev–Trinajstić information content (AvgIpc) is 2.19. The molecule has 74 valence electrons. The van der Waals surface area contributed by atoms with Crippen molar-refractivity contribution in [3.05, 3.63) is 12.2 Å². The number of carbonyl (C=O) groups is 1. The van der Waals surface area contributed by atoms with Gasteiger partial charge in [-0.3, -0.25) is 4.79 Å². The van der Waals surface area contributed by atoms with Crippen LogP contribution in [-0.2, 0) is 9.53 Å². The van der Waals surface area contributed by atoms with E-state index >= 15 is 0 Å². The normalized spacial score (nSPS) is 18.1. The molecule has 1 saturated heterocycles. The van der Waals surface area contributed by atoms with Crippen molar-refractivity contribution in [1.82, 2.24) is 10.2 Å². The third-order valence-electron chi connectivity index (χ3n) is 1.91. The minimum Gasteiger partial charge on any atom is -0.378 e. The second kappa shape index (κ2) is 5.72. The summed E-state index contributed by atoms with van der Waals surface area (Å²) < 4.78 is 5.15. The molecule has 0 aliphatic carbocycles. The molecule has 13 heavy (non-hydrogen) atoms. The number of carbonyl (C=O) groups excluding carboxylic acids is 1. The molecule has 0 unspecified atom stereocenters. The molecule has 0 saturated carbocycles. The van der Waals surface area contributed by atoms with Crippen LogP contribution in [0.4, 0.5) is 0 Å². The fourth-order valence-corrected chi connectivity index (χ4v) is 1.17. The van der Waals surface area contributed by atoms with E-state index in [1.165, 1.54) is 0 Å². The molecule has 0 spiro atoms. The fraction of sp³-hybridized carbons (Fsp3) is 0.667. The molecule has 1 rings (SSSR count). The SMILES string of the molecule is CNC/C=C/C(=O)N1CCOCC1. The van der Waals surface area contributed by atoms with Crippen LogP contribution in [0, 0.1) is 0 Å². The van der Waals surface area contributed by atoms with E-state index in [0.717, 1.165) is 6.54 Å². The Morgan fingerprint density at radius 1 is 1.54 bits per heavy atom. The monoisotopic (exact) mass is 184 g/mol. The first-order valence-corrected chi connectivity index (χ1v) is 4.52. The van der Waals surface area contributed by atoms with Gasteiger partial charge >= 0.3 is 0 Å². The molecule has 4 heteroatoms. The standard InChI is InChI=1S/C9H16N2O2/c1-10-4-2-3-9(12)11-5-7-13-8-6-11/h2-3,10H,4-8H2,1H3/b3-2+. The maximum atomic E-state index is 11.4. The number of likely N-dealkylation sites (N-methyl/N-ethyl adjacent to an activating group) is 1. The Morgan fingerprint density at radius 2 is 2.23 bits per heavy atom. The van der Waals surface area contributed by atoms with E-state index in [2.05, 4.69) is 5.32 Å². The van der Waals surface area contributed by atoms with Crippen molar-refractivity contribution in [2.24, 2.45) is 0 Å². The predicted octanol–water partition coefficient (Wildman–Crippen LogP) is -0.379. The van der Waals surface area contributed by atoms with Gasteiger partial charge in [-0.2, -0.15) is 0 Å².